The quantitative estimate of drug-likeness (QED) is 0.216. The van der Waals surface area contributed by atoms with Crippen LogP contribution in [-0.2, 0) is 25.8 Å². The minimum atomic E-state index is -1.35. The zero-order chi connectivity index (χ0) is 24.9. The van der Waals surface area contributed by atoms with Gasteiger partial charge in [0.15, 0.2) is 0 Å². The number of carboxylic acids is 1. The highest BCUT2D eigenvalue weighted by molar-refractivity contribution is 6.39. The smallest absolute Gasteiger partial charge is 0.408 e. The number of hydrogen-bond donors (Lipinski definition) is 6. The standard InChI is InChI=1S/C23H32N6O6/c30-20(18-13-17(35-29-18)9-4-5-10-24-22-25-11-6-12-26-22)27-14-19(21(31)32)28-23(33)34-15-16-7-2-1-3-8-16/h1-3,6-8,11,17,19,22,24-26H,4-5,9-10,12-15H2,(H,27,30)(H,28,33)(H,31,32). The lowest BCUT2D eigenvalue weighted by Gasteiger charge is -2.22. The highest BCUT2D eigenvalue weighted by Gasteiger charge is 2.27. The molecule has 3 rings (SSSR count). The highest BCUT2D eigenvalue weighted by Crippen LogP contribution is 2.16. The Kier molecular flexibility index (Phi) is 10.3. The molecular formula is C23H32N6O6. The van der Waals surface area contributed by atoms with E-state index in [1.807, 2.05) is 18.3 Å². The Hall–Kier alpha value is -3.64. The number of hydrogen-bond acceptors (Lipinski definition) is 9. The summed E-state index contributed by atoms with van der Waals surface area (Å²) in [5, 5.41) is 27.7. The van der Waals surface area contributed by atoms with Crippen LogP contribution in [0.3, 0.4) is 0 Å². The van der Waals surface area contributed by atoms with Gasteiger partial charge in [0.05, 0.1) is 0 Å². The van der Waals surface area contributed by atoms with Crippen molar-refractivity contribution in [2.45, 2.75) is 50.7 Å². The maximum atomic E-state index is 12.4. The SMILES string of the molecule is O=C(NC(CNC(=O)C1=NOC(CCCCNC2NC=CCN2)C1)C(=O)O)OCc1ccccc1. The predicted octanol–water partition coefficient (Wildman–Crippen LogP) is 0.377. The van der Waals surface area contributed by atoms with Crippen LogP contribution in [0.1, 0.15) is 31.2 Å². The van der Waals surface area contributed by atoms with Crippen LogP contribution in [0.25, 0.3) is 0 Å². The molecule has 2 aliphatic rings. The second-order valence-corrected chi connectivity index (χ2v) is 8.14. The van der Waals surface area contributed by atoms with Gasteiger partial charge >= 0.3 is 12.1 Å². The fourth-order valence-corrected chi connectivity index (χ4v) is 3.46. The summed E-state index contributed by atoms with van der Waals surface area (Å²) in [4.78, 5) is 41.1. The van der Waals surface area contributed by atoms with Gasteiger partial charge in [-0.15, -0.1) is 0 Å². The first-order valence-electron chi connectivity index (χ1n) is 11.6. The Balaban J connectivity index is 1.29. The van der Waals surface area contributed by atoms with E-state index in [0.29, 0.717) is 6.42 Å². The van der Waals surface area contributed by atoms with Gasteiger partial charge in [-0.05, 0) is 37.6 Å². The number of carbonyl (C=O) groups is 3. The van der Waals surface area contributed by atoms with Gasteiger partial charge in [-0.3, -0.25) is 15.4 Å². The number of alkyl carbamates (subject to hydrolysis) is 1. The van der Waals surface area contributed by atoms with E-state index in [0.717, 1.165) is 37.9 Å². The van der Waals surface area contributed by atoms with E-state index in [2.05, 4.69) is 31.7 Å². The normalized spacial score (nSPS) is 19.6. The molecule has 0 saturated carbocycles. The minimum absolute atomic E-state index is 0.00265. The molecule has 190 valence electrons. The predicted molar refractivity (Wildman–Crippen MR) is 127 cm³/mol. The largest absolute Gasteiger partial charge is 0.480 e. The third-order valence-corrected chi connectivity index (χ3v) is 5.39. The van der Waals surface area contributed by atoms with Gasteiger partial charge in [-0.2, -0.15) is 0 Å². The summed E-state index contributed by atoms with van der Waals surface area (Å²) in [6.45, 7) is 1.34. The number of oxime groups is 1. The zero-order valence-electron chi connectivity index (χ0n) is 19.4. The number of aliphatic carboxylic acids is 1. The third kappa shape index (κ3) is 9.26. The van der Waals surface area contributed by atoms with E-state index in [-0.39, 0.29) is 31.3 Å². The van der Waals surface area contributed by atoms with Gasteiger partial charge in [0.25, 0.3) is 5.91 Å². The molecule has 0 aromatic heterocycles. The average Bonchev–Trinajstić information content (AvgIpc) is 3.35. The Morgan fingerprint density at radius 2 is 2.06 bits per heavy atom. The lowest BCUT2D eigenvalue weighted by Crippen LogP contribution is -2.53. The molecule has 0 aliphatic carbocycles. The molecule has 0 spiro atoms. The van der Waals surface area contributed by atoms with Gasteiger partial charge in [-0.25, -0.2) is 9.59 Å². The van der Waals surface area contributed by atoms with E-state index in [1.54, 1.807) is 24.3 Å². The molecule has 12 heteroatoms. The maximum Gasteiger partial charge on any atom is 0.408 e. The fourth-order valence-electron chi connectivity index (χ4n) is 3.46. The monoisotopic (exact) mass is 488 g/mol. The first kappa shape index (κ1) is 26.0. The van der Waals surface area contributed by atoms with Crippen LogP contribution in [0.2, 0.25) is 0 Å². The Morgan fingerprint density at radius 1 is 1.23 bits per heavy atom. The van der Waals surface area contributed by atoms with Crippen LogP contribution in [0.4, 0.5) is 4.79 Å². The van der Waals surface area contributed by atoms with Crippen LogP contribution >= 0.6 is 0 Å². The van der Waals surface area contributed by atoms with Crippen molar-refractivity contribution in [2.75, 3.05) is 19.6 Å². The number of amides is 2. The molecule has 0 bridgehead atoms. The molecule has 0 saturated heterocycles. The van der Waals surface area contributed by atoms with Gasteiger partial charge in [-0.1, -0.05) is 41.6 Å². The van der Waals surface area contributed by atoms with Crippen molar-refractivity contribution >= 4 is 23.7 Å². The van der Waals surface area contributed by atoms with E-state index < -0.39 is 24.0 Å². The van der Waals surface area contributed by atoms with E-state index in [9.17, 15) is 19.5 Å². The van der Waals surface area contributed by atoms with Crippen molar-refractivity contribution < 1.29 is 29.1 Å². The van der Waals surface area contributed by atoms with Crippen molar-refractivity contribution in [2.24, 2.45) is 5.16 Å². The number of nitrogens with one attached hydrogen (secondary N) is 5. The molecule has 1 aromatic carbocycles. The van der Waals surface area contributed by atoms with Gasteiger partial charge in [0, 0.05) is 19.5 Å². The van der Waals surface area contributed by atoms with Crippen LogP contribution in [-0.4, -0.2) is 66.9 Å². The molecule has 2 heterocycles. The van der Waals surface area contributed by atoms with Crippen molar-refractivity contribution in [3.63, 3.8) is 0 Å². The minimum Gasteiger partial charge on any atom is -0.480 e. The second kappa shape index (κ2) is 13.9. The second-order valence-electron chi connectivity index (χ2n) is 8.14. The first-order valence-corrected chi connectivity index (χ1v) is 11.6. The topological polar surface area (TPSA) is 162 Å². The summed E-state index contributed by atoms with van der Waals surface area (Å²) in [6.07, 6.45) is 5.85. The van der Waals surface area contributed by atoms with Gasteiger partial charge in [0.2, 0.25) is 0 Å². The van der Waals surface area contributed by atoms with Crippen molar-refractivity contribution in [1.29, 1.82) is 0 Å². The van der Waals surface area contributed by atoms with Crippen molar-refractivity contribution in [3.05, 3.63) is 48.2 Å². The summed E-state index contributed by atoms with van der Waals surface area (Å²) in [7, 11) is 0. The number of benzene rings is 1. The van der Waals surface area contributed by atoms with Gasteiger partial charge < -0.3 is 30.6 Å². The molecule has 1 aromatic rings. The Labute approximate surface area is 203 Å². The van der Waals surface area contributed by atoms with Crippen LogP contribution in [0, 0.1) is 0 Å². The summed E-state index contributed by atoms with van der Waals surface area (Å²) in [5.74, 6) is -1.82. The zero-order valence-corrected chi connectivity index (χ0v) is 19.4. The van der Waals surface area contributed by atoms with Crippen LogP contribution < -0.4 is 26.6 Å². The Bertz CT molecular complexity index is 909. The molecule has 0 radical (unpaired) electrons. The number of carboxylic acid groups (broad SMARTS) is 1. The highest BCUT2D eigenvalue weighted by atomic mass is 16.6. The molecule has 35 heavy (non-hydrogen) atoms. The number of nitrogens with zero attached hydrogens (tertiary/aromatic N) is 1. The van der Waals surface area contributed by atoms with E-state index in [4.69, 9.17) is 9.57 Å². The fraction of sp³-hybridized carbons (Fsp3) is 0.478. The summed E-state index contributed by atoms with van der Waals surface area (Å²) in [5.41, 5.74) is 0.967. The van der Waals surface area contributed by atoms with Crippen molar-refractivity contribution in [3.8, 4) is 0 Å². The summed E-state index contributed by atoms with van der Waals surface area (Å²) < 4.78 is 5.03. The average molecular weight is 489 g/mol. The molecule has 0 fully saturated rings. The maximum absolute atomic E-state index is 12.4. The number of rotatable bonds is 13. The number of ether oxygens (including phenoxy) is 1. The number of carbonyl (C=O) groups excluding carboxylic acids is 2. The Morgan fingerprint density at radius 3 is 2.80 bits per heavy atom. The molecule has 2 aliphatic heterocycles. The summed E-state index contributed by atoms with van der Waals surface area (Å²) in [6, 6.07) is 7.64. The molecule has 2 amide bonds. The lowest BCUT2D eigenvalue weighted by atomic mass is 10.1. The van der Waals surface area contributed by atoms with Crippen LogP contribution in [0.15, 0.2) is 47.8 Å². The summed E-state index contributed by atoms with van der Waals surface area (Å²) >= 11 is 0. The molecular weight excluding hydrogens is 456 g/mol. The van der Waals surface area contributed by atoms with E-state index >= 15 is 0 Å². The van der Waals surface area contributed by atoms with Crippen molar-refractivity contribution in [1.82, 2.24) is 26.6 Å². The number of unbranched alkanes of at least 4 members (excludes halogenated alkanes) is 1. The van der Waals surface area contributed by atoms with E-state index in [1.165, 1.54) is 0 Å². The molecule has 12 nitrogen and oxygen atoms in total. The molecule has 3 atom stereocenters. The third-order valence-electron chi connectivity index (χ3n) is 5.39. The first-order chi connectivity index (χ1) is 17.0. The lowest BCUT2D eigenvalue weighted by molar-refractivity contribution is -0.139. The van der Waals surface area contributed by atoms with Gasteiger partial charge in [0.1, 0.15) is 30.8 Å². The molecule has 6 N–H and O–H groups in total. The van der Waals surface area contributed by atoms with Crippen LogP contribution in [0.5, 0.6) is 0 Å². The molecule has 3 unspecified atom stereocenters.